The van der Waals surface area contributed by atoms with Gasteiger partial charge in [-0.1, -0.05) is 6.92 Å². The number of nitrogens with one attached hydrogen (secondary N) is 3. The van der Waals surface area contributed by atoms with Crippen molar-refractivity contribution in [3.8, 4) is 0 Å². The van der Waals surface area contributed by atoms with Gasteiger partial charge in [-0.15, -0.1) is 0 Å². The molecule has 3 N–H and O–H groups in total. The van der Waals surface area contributed by atoms with E-state index >= 15 is 0 Å². The van der Waals surface area contributed by atoms with Crippen molar-refractivity contribution in [1.82, 2.24) is 20.9 Å². The number of hydrogen-bond donors (Lipinski definition) is 3. The van der Waals surface area contributed by atoms with Crippen LogP contribution in [0.2, 0.25) is 0 Å². The first-order chi connectivity index (χ1) is 8.52. The summed E-state index contributed by atoms with van der Waals surface area (Å²) in [6, 6.07) is -0.239. The monoisotopic (exact) mass is 256 g/mol. The van der Waals surface area contributed by atoms with Crippen LogP contribution in [0.25, 0.3) is 0 Å². The molecule has 1 heterocycles. The zero-order chi connectivity index (χ0) is 13.5. The van der Waals surface area contributed by atoms with Crippen molar-refractivity contribution < 1.29 is 9.59 Å². The third-order valence-corrected chi connectivity index (χ3v) is 3.16. The standard InChI is InChI=1S/C12H24N4O2/c1-9-5-4-6-13-10(9)11(17)14-7-8-15-12(18)16(2)3/h9-10,13H,4-8H2,1-3H3,(H,14,17)(H,15,18). The van der Waals surface area contributed by atoms with Crippen LogP contribution in [-0.2, 0) is 4.79 Å². The summed E-state index contributed by atoms with van der Waals surface area (Å²) in [5.41, 5.74) is 0. The molecule has 6 heteroatoms. The normalized spacial score (nSPS) is 23.3. The smallest absolute Gasteiger partial charge is 0.316 e. The Labute approximate surface area is 108 Å². The Hall–Kier alpha value is -1.30. The minimum Gasteiger partial charge on any atom is -0.353 e. The van der Waals surface area contributed by atoms with Gasteiger partial charge in [0.25, 0.3) is 0 Å². The zero-order valence-corrected chi connectivity index (χ0v) is 11.5. The molecule has 0 aromatic carbocycles. The van der Waals surface area contributed by atoms with E-state index in [1.165, 1.54) is 4.90 Å². The van der Waals surface area contributed by atoms with Crippen LogP contribution >= 0.6 is 0 Å². The van der Waals surface area contributed by atoms with Gasteiger partial charge in [-0.2, -0.15) is 0 Å². The van der Waals surface area contributed by atoms with Crippen LogP contribution in [0.5, 0.6) is 0 Å². The molecule has 6 nitrogen and oxygen atoms in total. The molecule has 3 amide bonds. The van der Waals surface area contributed by atoms with Gasteiger partial charge in [0.1, 0.15) is 0 Å². The molecule has 1 saturated heterocycles. The number of amides is 3. The van der Waals surface area contributed by atoms with Crippen molar-refractivity contribution in [2.45, 2.75) is 25.8 Å². The van der Waals surface area contributed by atoms with Crippen LogP contribution < -0.4 is 16.0 Å². The molecule has 18 heavy (non-hydrogen) atoms. The Morgan fingerprint density at radius 1 is 1.28 bits per heavy atom. The fourth-order valence-electron chi connectivity index (χ4n) is 2.02. The van der Waals surface area contributed by atoms with Crippen molar-refractivity contribution >= 4 is 11.9 Å². The summed E-state index contributed by atoms with van der Waals surface area (Å²) >= 11 is 0. The van der Waals surface area contributed by atoms with Gasteiger partial charge in [-0.3, -0.25) is 4.79 Å². The largest absolute Gasteiger partial charge is 0.353 e. The topological polar surface area (TPSA) is 73.5 Å². The molecule has 0 aliphatic carbocycles. The highest BCUT2D eigenvalue weighted by Crippen LogP contribution is 2.15. The second kappa shape index (κ2) is 7.20. The fraction of sp³-hybridized carbons (Fsp3) is 0.833. The number of piperidine rings is 1. The molecular weight excluding hydrogens is 232 g/mol. The van der Waals surface area contributed by atoms with Gasteiger partial charge >= 0.3 is 6.03 Å². The van der Waals surface area contributed by atoms with E-state index in [2.05, 4.69) is 22.9 Å². The van der Waals surface area contributed by atoms with Gasteiger partial charge in [0.15, 0.2) is 0 Å². The minimum absolute atomic E-state index is 0.0290. The average Bonchev–Trinajstić information content (AvgIpc) is 2.34. The lowest BCUT2D eigenvalue weighted by Crippen LogP contribution is -2.52. The maximum atomic E-state index is 11.9. The molecule has 0 saturated carbocycles. The molecule has 0 radical (unpaired) electrons. The first-order valence-electron chi connectivity index (χ1n) is 6.48. The molecule has 0 spiro atoms. The van der Waals surface area contributed by atoms with E-state index in [4.69, 9.17) is 0 Å². The predicted molar refractivity (Wildman–Crippen MR) is 70.3 cm³/mol. The van der Waals surface area contributed by atoms with Gasteiger partial charge in [-0.05, 0) is 25.3 Å². The lowest BCUT2D eigenvalue weighted by molar-refractivity contribution is -0.124. The van der Waals surface area contributed by atoms with Crippen molar-refractivity contribution in [3.05, 3.63) is 0 Å². The molecule has 2 atom stereocenters. The van der Waals surface area contributed by atoms with Gasteiger partial charge in [-0.25, -0.2) is 4.79 Å². The molecule has 1 aliphatic heterocycles. The van der Waals surface area contributed by atoms with Crippen molar-refractivity contribution in [3.63, 3.8) is 0 Å². The van der Waals surface area contributed by atoms with Crippen LogP contribution in [0, 0.1) is 5.92 Å². The van der Waals surface area contributed by atoms with E-state index in [1.54, 1.807) is 14.1 Å². The Kier molecular flexibility index (Phi) is 5.91. The lowest BCUT2D eigenvalue weighted by Gasteiger charge is -2.28. The SMILES string of the molecule is CC1CCCNC1C(=O)NCCNC(=O)N(C)C. The Morgan fingerprint density at radius 2 is 1.94 bits per heavy atom. The fourth-order valence-corrected chi connectivity index (χ4v) is 2.02. The van der Waals surface area contributed by atoms with E-state index in [9.17, 15) is 9.59 Å². The zero-order valence-electron chi connectivity index (χ0n) is 11.5. The summed E-state index contributed by atoms with van der Waals surface area (Å²) in [4.78, 5) is 24.6. The molecule has 1 rings (SSSR count). The molecule has 104 valence electrons. The van der Waals surface area contributed by atoms with Crippen LogP contribution in [0.1, 0.15) is 19.8 Å². The third kappa shape index (κ3) is 4.52. The highest BCUT2D eigenvalue weighted by Gasteiger charge is 2.26. The number of hydrogen-bond acceptors (Lipinski definition) is 3. The van der Waals surface area contributed by atoms with E-state index in [0.29, 0.717) is 19.0 Å². The second-order valence-corrected chi connectivity index (χ2v) is 4.97. The molecule has 0 aromatic heterocycles. The minimum atomic E-state index is -0.145. The van der Waals surface area contributed by atoms with Gasteiger partial charge < -0.3 is 20.9 Å². The second-order valence-electron chi connectivity index (χ2n) is 4.97. The lowest BCUT2D eigenvalue weighted by atomic mass is 9.92. The van der Waals surface area contributed by atoms with Crippen LogP contribution in [0.4, 0.5) is 4.79 Å². The third-order valence-electron chi connectivity index (χ3n) is 3.16. The highest BCUT2D eigenvalue weighted by molar-refractivity contribution is 5.82. The Balaban J connectivity index is 2.18. The molecular formula is C12H24N4O2. The van der Waals surface area contributed by atoms with Gasteiger partial charge in [0, 0.05) is 27.2 Å². The van der Waals surface area contributed by atoms with Crippen molar-refractivity contribution in [2.24, 2.45) is 5.92 Å². The summed E-state index contributed by atoms with van der Waals surface area (Å²) in [6.45, 7) is 3.90. The molecule has 1 fully saturated rings. The van der Waals surface area contributed by atoms with E-state index in [1.807, 2.05) is 0 Å². The van der Waals surface area contributed by atoms with Crippen molar-refractivity contribution in [2.75, 3.05) is 33.7 Å². The summed E-state index contributed by atoms with van der Waals surface area (Å²) in [7, 11) is 3.36. The molecule has 0 aromatic rings. The van der Waals surface area contributed by atoms with Crippen LogP contribution in [0.3, 0.4) is 0 Å². The van der Waals surface area contributed by atoms with E-state index in [0.717, 1.165) is 19.4 Å². The molecule has 2 unspecified atom stereocenters. The summed E-state index contributed by atoms with van der Waals surface area (Å²) in [6.07, 6.45) is 2.21. The number of urea groups is 1. The summed E-state index contributed by atoms with van der Waals surface area (Å²) in [5, 5.41) is 8.77. The molecule has 0 bridgehead atoms. The number of carbonyl (C=O) groups excluding carboxylic acids is 2. The Bertz CT molecular complexity index is 294. The average molecular weight is 256 g/mol. The molecule has 1 aliphatic rings. The predicted octanol–water partition coefficient (Wildman–Crippen LogP) is -0.238. The summed E-state index contributed by atoms with van der Waals surface area (Å²) < 4.78 is 0. The van der Waals surface area contributed by atoms with Crippen LogP contribution in [0.15, 0.2) is 0 Å². The van der Waals surface area contributed by atoms with Crippen LogP contribution in [-0.4, -0.2) is 56.6 Å². The first kappa shape index (κ1) is 14.8. The van der Waals surface area contributed by atoms with E-state index in [-0.39, 0.29) is 18.0 Å². The highest BCUT2D eigenvalue weighted by atomic mass is 16.2. The van der Waals surface area contributed by atoms with E-state index < -0.39 is 0 Å². The van der Waals surface area contributed by atoms with Gasteiger partial charge in [0.2, 0.25) is 5.91 Å². The van der Waals surface area contributed by atoms with Gasteiger partial charge in [0.05, 0.1) is 6.04 Å². The first-order valence-corrected chi connectivity index (χ1v) is 6.48. The Morgan fingerprint density at radius 3 is 2.56 bits per heavy atom. The maximum Gasteiger partial charge on any atom is 0.316 e. The number of nitrogens with zero attached hydrogens (tertiary/aromatic N) is 1. The summed E-state index contributed by atoms with van der Waals surface area (Å²) in [5.74, 6) is 0.399. The quantitative estimate of drug-likeness (QED) is 0.608. The number of carbonyl (C=O) groups is 2. The number of rotatable bonds is 4. The maximum absolute atomic E-state index is 11.9. The van der Waals surface area contributed by atoms with Crippen molar-refractivity contribution in [1.29, 1.82) is 0 Å².